The zero-order chi connectivity index (χ0) is 14.5. The van der Waals surface area contributed by atoms with Crippen LogP contribution in [-0.4, -0.2) is 30.3 Å². The minimum absolute atomic E-state index is 0.291. The molecule has 1 aliphatic carbocycles. The van der Waals surface area contributed by atoms with Crippen molar-refractivity contribution in [2.45, 2.75) is 71.4 Å². The van der Waals surface area contributed by atoms with Crippen LogP contribution >= 0.6 is 0 Å². The molecule has 0 unspecified atom stereocenters. The molecule has 0 spiro atoms. The highest BCUT2D eigenvalue weighted by atomic mass is 16.6. The molecule has 0 aromatic carbocycles. The van der Waals surface area contributed by atoms with Crippen molar-refractivity contribution in [3.63, 3.8) is 0 Å². The van der Waals surface area contributed by atoms with E-state index in [2.05, 4.69) is 10.6 Å². The predicted molar refractivity (Wildman–Crippen MR) is 78.3 cm³/mol. The molecule has 1 rings (SSSR count). The smallest absolute Gasteiger partial charge is 0.408 e. The summed E-state index contributed by atoms with van der Waals surface area (Å²) in [6.45, 7) is 11.5. The number of carbonyl (C=O) groups is 1. The quantitative estimate of drug-likeness (QED) is 0.807. The zero-order valence-corrected chi connectivity index (χ0v) is 13.1. The third-order valence-electron chi connectivity index (χ3n) is 3.31. The molecule has 0 heterocycles. The first kappa shape index (κ1) is 16.3. The van der Waals surface area contributed by atoms with Crippen LogP contribution in [-0.2, 0) is 4.74 Å². The molecular formula is C15H30N2O2. The Balaban J connectivity index is 2.24. The molecule has 0 aliphatic heterocycles. The van der Waals surface area contributed by atoms with E-state index in [-0.39, 0.29) is 11.6 Å². The molecule has 2 N–H and O–H groups in total. The van der Waals surface area contributed by atoms with Crippen molar-refractivity contribution in [1.82, 2.24) is 10.6 Å². The summed E-state index contributed by atoms with van der Waals surface area (Å²) in [5.41, 5.74) is -0.738. The van der Waals surface area contributed by atoms with Gasteiger partial charge in [0.2, 0.25) is 0 Å². The van der Waals surface area contributed by atoms with Crippen LogP contribution in [0.5, 0.6) is 0 Å². The molecule has 4 heteroatoms. The van der Waals surface area contributed by atoms with Gasteiger partial charge in [0, 0.05) is 6.54 Å². The Bertz CT molecular complexity index is 289. The van der Waals surface area contributed by atoms with Crippen molar-refractivity contribution < 1.29 is 9.53 Å². The second-order valence-corrected chi connectivity index (χ2v) is 7.29. The molecule has 0 radical (unpaired) electrons. The predicted octanol–water partition coefficient (Wildman–Crippen LogP) is 3.07. The molecule has 112 valence electrons. The van der Waals surface area contributed by atoms with E-state index in [4.69, 9.17) is 4.74 Å². The van der Waals surface area contributed by atoms with E-state index in [9.17, 15) is 4.79 Å². The topological polar surface area (TPSA) is 50.4 Å². The van der Waals surface area contributed by atoms with E-state index < -0.39 is 5.60 Å². The number of hydrogen-bond acceptors (Lipinski definition) is 3. The Kier molecular flexibility index (Phi) is 5.65. The Labute approximate surface area is 117 Å². The highest BCUT2D eigenvalue weighted by molar-refractivity contribution is 5.68. The van der Waals surface area contributed by atoms with Crippen LogP contribution in [0, 0.1) is 5.92 Å². The van der Waals surface area contributed by atoms with Gasteiger partial charge in [-0.05, 0) is 59.9 Å². The normalized spacial score (nSPS) is 17.5. The number of amides is 1. The Morgan fingerprint density at radius 2 is 1.74 bits per heavy atom. The molecular weight excluding hydrogens is 240 g/mol. The van der Waals surface area contributed by atoms with Crippen LogP contribution in [0.4, 0.5) is 4.79 Å². The minimum atomic E-state index is -0.447. The van der Waals surface area contributed by atoms with Crippen molar-refractivity contribution in [2.24, 2.45) is 5.92 Å². The van der Waals surface area contributed by atoms with Gasteiger partial charge < -0.3 is 15.4 Å². The lowest BCUT2D eigenvalue weighted by Crippen LogP contribution is -2.52. The number of alkyl carbamates (subject to hydrolysis) is 1. The van der Waals surface area contributed by atoms with Gasteiger partial charge >= 0.3 is 6.09 Å². The van der Waals surface area contributed by atoms with Crippen molar-refractivity contribution in [2.75, 3.05) is 13.1 Å². The second-order valence-electron chi connectivity index (χ2n) is 7.29. The summed E-state index contributed by atoms with van der Waals surface area (Å²) in [6.07, 6.45) is 5.07. The van der Waals surface area contributed by atoms with Crippen molar-refractivity contribution in [1.29, 1.82) is 0 Å². The number of carbonyl (C=O) groups excluding carboxylic acids is 1. The Hall–Kier alpha value is -0.770. The van der Waals surface area contributed by atoms with Gasteiger partial charge in [-0.2, -0.15) is 0 Å². The Morgan fingerprint density at radius 3 is 2.26 bits per heavy atom. The third kappa shape index (κ3) is 7.41. The van der Waals surface area contributed by atoms with Crippen LogP contribution in [0.15, 0.2) is 0 Å². The van der Waals surface area contributed by atoms with E-state index in [1.165, 1.54) is 25.7 Å². The molecule has 1 aliphatic rings. The summed E-state index contributed by atoms with van der Waals surface area (Å²) >= 11 is 0. The van der Waals surface area contributed by atoms with E-state index >= 15 is 0 Å². The summed E-state index contributed by atoms with van der Waals surface area (Å²) < 4.78 is 5.28. The van der Waals surface area contributed by atoms with E-state index in [1.54, 1.807) is 0 Å². The number of nitrogens with one attached hydrogen (secondary N) is 2. The highest BCUT2D eigenvalue weighted by Crippen LogP contribution is 2.23. The summed E-state index contributed by atoms with van der Waals surface area (Å²) in [7, 11) is 0. The largest absolute Gasteiger partial charge is 0.444 e. The minimum Gasteiger partial charge on any atom is -0.444 e. The van der Waals surface area contributed by atoms with E-state index in [0.717, 1.165) is 19.0 Å². The standard InChI is InChI=1S/C15H30N2O2/c1-14(2,3)19-13(18)17-15(4,5)11-16-10-12-8-6-7-9-12/h12,16H,6-11H2,1-5H3,(H,17,18). The van der Waals surface area contributed by atoms with Crippen LogP contribution in [0.25, 0.3) is 0 Å². The fourth-order valence-electron chi connectivity index (χ4n) is 2.43. The number of ether oxygens (including phenoxy) is 1. The van der Waals surface area contributed by atoms with Gasteiger partial charge in [0.1, 0.15) is 5.60 Å². The summed E-state index contributed by atoms with van der Waals surface area (Å²) in [6, 6.07) is 0. The molecule has 1 saturated carbocycles. The maximum absolute atomic E-state index is 11.7. The van der Waals surface area contributed by atoms with Crippen molar-refractivity contribution >= 4 is 6.09 Å². The monoisotopic (exact) mass is 270 g/mol. The molecule has 1 amide bonds. The first-order chi connectivity index (χ1) is 8.68. The summed E-state index contributed by atoms with van der Waals surface area (Å²) in [5.74, 6) is 0.817. The van der Waals surface area contributed by atoms with Gasteiger partial charge in [0.25, 0.3) is 0 Å². The van der Waals surface area contributed by atoms with Gasteiger partial charge in [-0.3, -0.25) is 0 Å². The first-order valence-corrected chi connectivity index (χ1v) is 7.40. The number of rotatable bonds is 5. The average molecular weight is 270 g/mol. The lowest BCUT2D eigenvalue weighted by atomic mass is 10.0. The van der Waals surface area contributed by atoms with Crippen molar-refractivity contribution in [3.8, 4) is 0 Å². The van der Waals surface area contributed by atoms with E-state index in [1.807, 2.05) is 34.6 Å². The van der Waals surface area contributed by atoms with Crippen LogP contribution in [0.3, 0.4) is 0 Å². The maximum atomic E-state index is 11.7. The van der Waals surface area contributed by atoms with Crippen molar-refractivity contribution in [3.05, 3.63) is 0 Å². The van der Waals surface area contributed by atoms with Gasteiger partial charge in [0.05, 0.1) is 5.54 Å². The van der Waals surface area contributed by atoms with Crippen LogP contribution in [0.1, 0.15) is 60.3 Å². The van der Waals surface area contributed by atoms with Gasteiger partial charge in [-0.1, -0.05) is 12.8 Å². The van der Waals surface area contributed by atoms with Crippen LogP contribution in [0.2, 0.25) is 0 Å². The molecule has 0 atom stereocenters. The first-order valence-electron chi connectivity index (χ1n) is 7.40. The average Bonchev–Trinajstić information content (AvgIpc) is 2.65. The van der Waals surface area contributed by atoms with E-state index in [0.29, 0.717) is 0 Å². The molecule has 0 saturated heterocycles. The fraction of sp³-hybridized carbons (Fsp3) is 0.933. The molecule has 19 heavy (non-hydrogen) atoms. The molecule has 4 nitrogen and oxygen atoms in total. The summed E-state index contributed by atoms with van der Waals surface area (Å²) in [4.78, 5) is 11.7. The molecule has 0 aromatic rings. The fourth-order valence-corrected chi connectivity index (χ4v) is 2.43. The molecule has 0 aromatic heterocycles. The lowest BCUT2D eigenvalue weighted by Gasteiger charge is -2.29. The third-order valence-corrected chi connectivity index (χ3v) is 3.31. The zero-order valence-electron chi connectivity index (χ0n) is 13.1. The second kappa shape index (κ2) is 6.60. The SMILES string of the molecule is CC(C)(CNCC1CCCC1)NC(=O)OC(C)(C)C. The summed E-state index contributed by atoms with van der Waals surface area (Å²) in [5, 5.41) is 6.38. The highest BCUT2D eigenvalue weighted by Gasteiger charge is 2.24. The number of hydrogen-bond donors (Lipinski definition) is 2. The molecule has 1 fully saturated rings. The lowest BCUT2D eigenvalue weighted by molar-refractivity contribution is 0.0472. The van der Waals surface area contributed by atoms with Crippen LogP contribution < -0.4 is 10.6 Å². The van der Waals surface area contributed by atoms with Gasteiger partial charge in [0.15, 0.2) is 0 Å². The van der Waals surface area contributed by atoms with Gasteiger partial charge in [-0.25, -0.2) is 4.79 Å². The Morgan fingerprint density at radius 1 is 1.16 bits per heavy atom. The van der Waals surface area contributed by atoms with Gasteiger partial charge in [-0.15, -0.1) is 0 Å². The maximum Gasteiger partial charge on any atom is 0.408 e. The molecule has 0 bridgehead atoms.